The number of halogens is 1. The van der Waals surface area contributed by atoms with Gasteiger partial charge in [-0.1, -0.05) is 59.2 Å². The molecule has 3 rings (SSSR count). The second-order valence-corrected chi connectivity index (χ2v) is 5.85. The van der Waals surface area contributed by atoms with Gasteiger partial charge in [0, 0.05) is 15.3 Å². The van der Waals surface area contributed by atoms with Gasteiger partial charge in [0.15, 0.2) is 0 Å². The Morgan fingerprint density at radius 2 is 1.93 bits per heavy atom. The molecule has 0 radical (unpaired) electrons. The zero-order valence-electron chi connectivity index (χ0n) is 8.62. The summed E-state index contributed by atoms with van der Waals surface area (Å²) in [7, 11) is 0. The number of hydrogen-bond acceptors (Lipinski definition) is 1. The highest BCUT2D eigenvalue weighted by atomic mass is 79.9. The molecule has 1 saturated carbocycles. The minimum absolute atomic E-state index is 0.0567. The quantitative estimate of drug-likeness (QED) is 0.714. The molecular weight excluding hydrogens is 252 g/mol. The van der Waals surface area contributed by atoms with Crippen LogP contribution < -0.4 is 0 Å². The van der Waals surface area contributed by atoms with E-state index in [4.69, 9.17) is 0 Å². The van der Waals surface area contributed by atoms with E-state index in [9.17, 15) is 5.11 Å². The van der Waals surface area contributed by atoms with Gasteiger partial charge in [-0.15, -0.1) is 0 Å². The third-order valence-corrected chi connectivity index (χ3v) is 5.00. The largest absolute Gasteiger partial charge is 0.387 e. The van der Waals surface area contributed by atoms with E-state index in [0.717, 1.165) is 10.9 Å². The molecule has 0 bridgehead atoms. The van der Waals surface area contributed by atoms with Gasteiger partial charge in [-0.05, 0) is 12.8 Å². The maximum absolute atomic E-state index is 10.4. The van der Waals surface area contributed by atoms with Gasteiger partial charge >= 0.3 is 0 Å². The minimum atomic E-state index is -0.348. The van der Waals surface area contributed by atoms with Crippen LogP contribution in [0.3, 0.4) is 0 Å². The average Bonchev–Trinajstić information content (AvgIpc) is 2.49. The summed E-state index contributed by atoms with van der Waals surface area (Å²) in [5, 5.41) is 10.4. The normalized spacial score (nSPS) is 47.3. The van der Waals surface area contributed by atoms with Gasteiger partial charge < -0.3 is 5.11 Å². The van der Waals surface area contributed by atoms with E-state index in [1.165, 1.54) is 19.3 Å². The standard InChI is InChI=1S/C13H15BrO/c14-10-9-12-5-1-3-7-13(12,11(10)15)8-4-2-6-12/h1,3,5,7,9,11,15H,2,4,6,8H2/t11-,12-,13-/m1/s1. The second-order valence-electron chi connectivity index (χ2n) is 4.94. The van der Waals surface area contributed by atoms with Crippen molar-refractivity contribution in [1.82, 2.24) is 0 Å². The second kappa shape index (κ2) is 3.08. The Hall–Kier alpha value is -0.340. The fourth-order valence-electron chi connectivity index (χ4n) is 3.54. The Kier molecular flexibility index (Phi) is 2.02. The SMILES string of the molecule is O[C@@H]1C(Br)=C[C@]23C=CC=C[C@@]12CCCC3. The highest BCUT2D eigenvalue weighted by Crippen LogP contribution is 2.63. The number of allylic oxidation sites excluding steroid dienone is 4. The Morgan fingerprint density at radius 3 is 2.73 bits per heavy atom. The Bertz CT molecular complexity index is 382. The summed E-state index contributed by atoms with van der Waals surface area (Å²) in [4.78, 5) is 0. The third kappa shape index (κ3) is 1.07. The number of rotatable bonds is 0. The highest BCUT2D eigenvalue weighted by Gasteiger charge is 2.57. The van der Waals surface area contributed by atoms with Crippen molar-refractivity contribution in [3.63, 3.8) is 0 Å². The zero-order valence-corrected chi connectivity index (χ0v) is 10.2. The summed E-state index contributed by atoms with van der Waals surface area (Å²) in [5.74, 6) is 0. The van der Waals surface area contributed by atoms with Crippen LogP contribution in [0.15, 0.2) is 34.9 Å². The molecule has 3 aliphatic carbocycles. The van der Waals surface area contributed by atoms with Gasteiger partial charge in [0.25, 0.3) is 0 Å². The Balaban J connectivity index is 2.17. The first-order valence-corrected chi connectivity index (χ1v) is 6.43. The lowest BCUT2D eigenvalue weighted by Crippen LogP contribution is -2.45. The molecule has 0 aromatic carbocycles. The van der Waals surface area contributed by atoms with Gasteiger partial charge in [0.2, 0.25) is 0 Å². The van der Waals surface area contributed by atoms with Crippen LogP contribution in [0.25, 0.3) is 0 Å². The monoisotopic (exact) mass is 266 g/mol. The van der Waals surface area contributed by atoms with Crippen LogP contribution in [0.2, 0.25) is 0 Å². The Labute approximate surface area is 98.7 Å². The molecule has 0 aliphatic heterocycles. The van der Waals surface area contributed by atoms with Crippen molar-refractivity contribution in [3.05, 3.63) is 34.9 Å². The Morgan fingerprint density at radius 1 is 1.20 bits per heavy atom. The summed E-state index contributed by atoms with van der Waals surface area (Å²) in [6, 6.07) is 0. The smallest absolute Gasteiger partial charge is 0.0953 e. The van der Waals surface area contributed by atoms with Crippen molar-refractivity contribution < 1.29 is 5.11 Å². The number of aliphatic hydroxyl groups is 1. The van der Waals surface area contributed by atoms with Crippen LogP contribution in [-0.4, -0.2) is 11.2 Å². The van der Waals surface area contributed by atoms with E-state index in [-0.39, 0.29) is 16.9 Å². The van der Waals surface area contributed by atoms with Crippen LogP contribution in [0.4, 0.5) is 0 Å². The summed E-state index contributed by atoms with van der Waals surface area (Å²) in [6.45, 7) is 0. The average molecular weight is 267 g/mol. The molecule has 80 valence electrons. The molecule has 0 saturated heterocycles. The fourth-order valence-corrected chi connectivity index (χ4v) is 4.36. The van der Waals surface area contributed by atoms with Crippen LogP contribution >= 0.6 is 15.9 Å². The summed E-state index contributed by atoms with van der Waals surface area (Å²) < 4.78 is 0.973. The number of aliphatic hydroxyl groups excluding tert-OH is 1. The first-order valence-electron chi connectivity index (χ1n) is 5.64. The fraction of sp³-hybridized carbons (Fsp3) is 0.538. The molecule has 3 atom stereocenters. The molecule has 0 heterocycles. The van der Waals surface area contributed by atoms with E-state index >= 15 is 0 Å². The van der Waals surface area contributed by atoms with Gasteiger partial charge in [-0.3, -0.25) is 0 Å². The first-order chi connectivity index (χ1) is 7.20. The molecule has 3 aliphatic rings. The molecule has 0 spiro atoms. The molecule has 1 nitrogen and oxygen atoms in total. The predicted octanol–water partition coefficient (Wildman–Crippen LogP) is 3.31. The zero-order chi connectivity index (χ0) is 10.5. The maximum atomic E-state index is 10.4. The lowest BCUT2D eigenvalue weighted by atomic mass is 9.55. The van der Waals surface area contributed by atoms with Gasteiger partial charge in [0.1, 0.15) is 0 Å². The molecule has 0 aromatic rings. The molecule has 0 amide bonds. The molecule has 15 heavy (non-hydrogen) atoms. The minimum Gasteiger partial charge on any atom is -0.387 e. The van der Waals surface area contributed by atoms with Crippen molar-refractivity contribution in [2.24, 2.45) is 10.8 Å². The van der Waals surface area contributed by atoms with E-state index in [1.807, 2.05) is 0 Å². The highest BCUT2D eigenvalue weighted by molar-refractivity contribution is 9.11. The lowest BCUT2D eigenvalue weighted by Gasteiger charge is -2.49. The predicted molar refractivity (Wildman–Crippen MR) is 64.6 cm³/mol. The van der Waals surface area contributed by atoms with Crippen LogP contribution in [0.5, 0.6) is 0 Å². The van der Waals surface area contributed by atoms with Crippen LogP contribution in [0, 0.1) is 10.8 Å². The van der Waals surface area contributed by atoms with Gasteiger partial charge in [-0.2, -0.15) is 0 Å². The maximum Gasteiger partial charge on any atom is 0.0953 e. The molecule has 0 aromatic heterocycles. The summed E-state index contributed by atoms with van der Waals surface area (Å²) in [6.07, 6.45) is 15.4. The molecular formula is C13H15BrO. The van der Waals surface area contributed by atoms with E-state index in [1.54, 1.807) is 0 Å². The summed E-state index contributed by atoms with van der Waals surface area (Å²) in [5.41, 5.74) is 0.0249. The van der Waals surface area contributed by atoms with Crippen molar-refractivity contribution in [2.45, 2.75) is 31.8 Å². The van der Waals surface area contributed by atoms with E-state index in [0.29, 0.717) is 0 Å². The van der Waals surface area contributed by atoms with Crippen molar-refractivity contribution >= 4 is 15.9 Å². The van der Waals surface area contributed by atoms with E-state index in [2.05, 4.69) is 46.3 Å². The van der Waals surface area contributed by atoms with Crippen molar-refractivity contribution in [1.29, 1.82) is 0 Å². The van der Waals surface area contributed by atoms with Crippen LogP contribution in [-0.2, 0) is 0 Å². The van der Waals surface area contributed by atoms with Crippen LogP contribution in [0.1, 0.15) is 25.7 Å². The van der Waals surface area contributed by atoms with Gasteiger partial charge in [-0.25, -0.2) is 0 Å². The molecule has 0 unspecified atom stereocenters. The third-order valence-electron chi connectivity index (χ3n) is 4.34. The molecule has 1 fully saturated rings. The van der Waals surface area contributed by atoms with Crippen molar-refractivity contribution in [2.75, 3.05) is 0 Å². The summed E-state index contributed by atoms with van der Waals surface area (Å²) >= 11 is 3.52. The number of hydrogen-bond donors (Lipinski definition) is 1. The van der Waals surface area contributed by atoms with Crippen molar-refractivity contribution in [3.8, 4) is 0 Å². The first kappa shape index (κ1) is 9.86. The van der Waals surface area contributed by atoms with Gasteiger partial charge in [0.05, 0.1) is 6.10 Å². The molecule has 2 heteroatoms. The lowest BCUT2D eigenvalue weighted by molar-refractivity contribution is 0.0170. The molecule has 1 N–H and O–H groups in total. The topological polar surface area (TPSA) is 20.2 Å². The van der Waals surface area contributed by atoms with E-state index < -0.39 is 0 Å².